The van der Waals surface area contributed by atoms with Crippen molar-refractivity contribution in [1.82, 2.24) is 24.5 Å². The van der Waals surface area contributed by atoms with E-state index < -0.39 is 5.97 Å². The number of hydrogen-bond acceptors (Lipinski definition) is 4. The van der Waals surface area contributed by atoms with Crippen molar-refractivity contribution in [3.05, 3.63) is 35.4 Å². The number of carbonyl (C=O) groups excluding carboxylic acids is 1. The average molecular weight is 289 g/mol. The summed E-state index contributed by atoms with van der Waals surface area (Å²) < 4.78 is 3.36. The van der Waals surface area contributed by atoms with Crippen molar-refractivity contribution in [3.8, 4) is 0 Å². The highest BCUT2D eigenvalue weighted by Crippen LogP contribution is 2.23. The first-order valence-electron chi connectivity index (χ1n) is 6.54. The number of carboxylic acids is 1. The third kappa shape index (κ3) is 2.18. The summed E-state index contributed by atoms with van der Waals surface area (Å²) in [7, 11) is 1.86. The molecule has 1 aliphatic rings. The molecule has 3 heterocycles. The lowest BCUT2D eigenvalue weighted by molar-refractivity contribution is 0.0487. The molecule has 0 aromatic carbocycles. The fourth-order valence-corrected chi connectivity index (χ4v) is 2.33. The minimum atomic E-state index is -1.10. The predicted octanol–water partition coefficient (Wildman–Crippen LogP) is 0.320. The van der Waals surface area contributed by atoms with Crippen molar-refractivity contribution in [1.29, 1.82) is 0 Å². The minimum absolute atomic E-state index is 0.0177. The molecule has 0 unspecified atom stereocenters. The lowest BCUT2D eigenvalue weighted by Gasteiger charge is -2.38. The van der Waals surface area contributed by atoms with Crippen LogP contribution in [0.25, 0.3) is 0 Å². The summed E-state index contributed by atoms with van der Waals surface area (Å²) in [5.74, 6) is -1.13. The van der Waals surface area contributed by atoms with Gasteiger partial charge in [0.2, 0.25) is 0 Å². The van der Waals surface area contributed by atoms with Crippen LogP contribution in [0.2, 0.25) is 0 Å². The molecule has 0 saturated carbocycles. The van der Waals surface area contributed by atoms with Crippen LogP contribution in [0.3, 0.4) is 0 Å². The molecule has 8 heteroatoms. The monoisotopic (exact) mass is 289 g/mol. The molecule has 3 rings (SSSR count). The van der Waals surface area contributed by atoms with Crippen LogP contribution in [0, 0.1) is 6.92 Å². The van der Waals surface area contributed by atoms with Crippen molar-refractivity contribution in [2.45, 2.75) is 13.0 Å². The number of nitrogens with zero attached hydrogens (tertiary/aromatic N) is 5. The topological polar surface area (TPSA) is 93.2 Å². The van der Waals surface area contributed by atoms with Gasteiger partial charge in [-0.05, 0) is 19.1 Å². The van der Waals surface area contributed by atoms with Crippen molar-refractivity contribution < 1.29 is 14.7 Å². The number of carbonyl (C=O) groups is 2. The van der Waals surface area contributed by atoms with E-state index in [4.69, 9.17) is 5.11 Å². The van der Waals surface area contributed by atoms with Crippen molar-refractivity contribution in [2.24, 2.45) is 7.05 Å². The standard InChI is InChI=1S/C13H15N5O3/c1-8-3-4-11(16(8)2)12(19)17-5-9(6-17)18-7-10(13(20)21)14-15-18/h3-4,7,9H,5-6H2,1-2H3,(H,20,21). The van der Waals surface area contributed by atoms with Crippen LogP contribution < -0.4 is 0 Å². The maximum atomic E-state index is 12.3. The molecule has 2 aromatic heterocycles. The lowest BCUT2D eigenvalue weighted by atomic mass is 10.1. The van der Waals surface area contributed by atoms with Crippen LogP contribution >= 0.6 is 0 Å². The minimum Gasteiger partial charge on any atom is -0.476 e. The van der Waals surface area contributed by atoms with E-state index in [0.29, 0.717) is 18.8 Å². The van der Waals surface area contributed by atoms with Crippen LogP contribution in [-0.2, 0) is 7.05 Å². The fraction of sp³-hybridized carbons (Fsp3) is 0.385. The Kier molecular flexibility index (Phi) is 3.00. The Morgan fingerprint density at radius 2 is 2.05 bits per heavy atom. The van der Waals surface area contributed by atoms with E-state index in [1.165, 1.54) is 10.9 Å². The van der Waals surface area contributed by atoms with Crippen LogP contribution in [-0.4, -0.2) is 54.5 Å². The largest absolute Gasteiger partial charge is 0.476 e. The number of aryl methyl sites for hydroxylation is 1. The summed E-state index contributed by atoms with van der Waals surface area (Å²) in [5, 5.41) is 16.2. The molecule has 0 bridgehead atoms. The molecule has 0 radical (unpaired) electrons. The second kappa shape index (κ2) is 4.72. The Bertz CT molecular complexity index is 711. The highest BCUT2D eigenvalue weighted by Gasteiger charge is 2.34. The van der Waals surface area contributed by atoms with Crippen LogP contribution in [0.5, 0.6) is 0 Å². The zero-order valence-corrected chi connectivity index (χ0v) is 11.7. The van der Waals surface area contributed by atoms with Crippen molar-refractivity contribution in [2.75, 3.05) is 13.1 Å². The molecule has 1 amide bonds. The van der Waals surface area contributed by atoms with E-state index in [2.05, 4.69) is 10.3 Å². The summed E-state index contributed by atoms with van der Waals surface area (Å²) in [5.41, 5.74) is 1.59. The van der Waals surface area contributed by atoms with Crippen molar-refractivity contribution >= 4 is 11.9 Å². The van der Waals surface area contributed by atoms with Gasteiger partial charge in [-0.2, -0.15) is 0 Å². The molecule has 1 aliphatic heterocycles. The smallest absolute Gasteiger partial charge is 0.358 e. The van der Waals surface area contributed by atoms with Gasteiger partial charge < -0.3 is 14.6 Å². The summed E-state index contributed by atoms with van der Waals surface area (Å²) in [4.78, 5) is 24.8. The Hall–Kier alpha value is -2.64. The van der Waals surface area contributed by atoms with Gasteiger partial charge in [0.1, 0.15) is 5.69 Å². The third-order valence-electron chi connectivity index (χ3n) is 3.84. The van der Waals surface area contributed by atoms with Gasteiger partial charge in [-0.15, -0.1) is 5.10 Å². The molecular formula is C13H15N5O3. The molecule has 1 fully saturated rings. The lowest BCUT2D eigenvalue weighted by Crippen LogP contribution is -2.51. The quantitative estimate of drug-likeness (QED) is 0.878. The first-order chi connectivity index (χ1) is 9.97. The van der Waals surface area contributed by atoms with Gasteiger partial charge in [0, 0.05) is 25.8 Å². The van der Waals surface area contributed by atoms with Crippen LogP contribution in [0.1, 0.15) is 32.7 Å². The molecule has 110 valence electrons. The van der Waals surface area contributed by atoms with Gasteiger partial charge in [-0.1, -0.05) is 5.21 Å². The van der Waals surface area contributed by atoms with Gasteiger partial charge in [0.15, 0.2) is 5.69 Å². The zero-order valence-electron chi connectivity index (χ0n) is 11.7. The summed E-state index contributed by atoms with van der Waals surface area (Å²) in [6.07, 6.45) is 1.39. The number of amides is 1. The van der Waals surface area contributed by atoms with Crippen LogP contribution in [0.15, 0.2) is 18.3 Å². The molecule has 0 atom stereocenters. The molecular weight excluding hydrogens is 274 g/mol. The highest BCUT2D eigenvalue weighted by atomic mass is 16.4. The Balaban J connectivity index is 1.66. The highest BCUT2D eigenvalue weighted by molar-refractivity contribution is 5.93. The van der Waals surface area contributed by atoms with E-state index in [0.717, 1.165) is 5.69 Å². The third-order valence-corrected chi connectivity index (χ3v) is 3.84. The average Bonchev–Trinajstić information content (AvgIpc) is 2.97. The number of aromatic carboxylic acids is 1. The number of likely N-dealkylation sites (tertiary alicyclic amines) is 1. The maximum absolute atomic E-state index is 12.3. The number of carboxylic acid groups (broad SMARTS) is 1. The van der Waals surface area contributed by atoms with E-state index in [1.807, 2.05) is 30.7 Å². The van der Waals surface area contributed by atoms with E-state index in [-0.39, 0.29) is 17.6 Å². The fourth-order valence-electron chi connectivity index (χ4n) is 2.33. The molecule has 0 aliphatic carbocycles. The summed E-state index contributed by atoms with van der Waals surface area (Å²) in [6, 6.07) is 3.69. The molecule has 8 nitrogen and oxygen atoms in total. The van der Waals surface area contributed by atoms with E-state index in [1.54, 1.807) is 4.90 Å². The Labute approximate surface area is 120 Å². The maximum Gasteiger partial charge on any atom is 0.358 e. The number of rotatable bonds is 3. The molecule has 0 spiro atoms. The molecule has 2 aromatic rings. The predicted molar refractivity (Wildman–Crippen MR) is 72.1 cm³/mol. The first-order valence-corrected chi connectivity index (χ1v) is 6.54. The Morgan fingerprint density at radius 3 is 2.57 bits per heavy atom. The van der Waals surface area contributed by atoms with Gasteiger partial charge in [-0.3, -0.25) is 4.79 Å². The van der Waals surface area contributed by atoms with Gasteiger partial charge in [0.25, 0.3) is 5.91 Å². The van der Waals surface area contributed by atoms with Crippen LogP contribution in [0.4, 0.5) is 0 Å². The van der Waals surface area contributed by atoms with Gasteiger partial charge in [0.05, 0.1) is 12.2 Å². The zero-order chi connectivity index (χ0) is 15.1. The van der Waals surface area contributed by atoms with E-state index >= 15 is 0 Å². The van der Waals surface area contributed by atoms with Gasteiger partial charge >= 0.3 is 5.97 Å². The normalized spacial score (nSPS) is 15.0. The summed E-state index contributed by atoms with van der Waals surface area (Å²) in [6.45, 7) is 2.95. The van der Waals surface area contributed by atoms with E-state index in [9.17, 15) is 9.59 Å². The first kappa shape index (κ1) is 13.3. The number of aromatic nitrogens is 4. The molecule has 1 saturated heterocycles. The SMILES string of the molecule is Cc1ccc(C(=O)N2CC(n3cc(C(=O)O)nn3)C2)n1C. The molecule has 21 heavy (non-hydrogen) atoms. The van der Waals surface area contributed by atoms with Gasteiger partial charge in [-0.25, -0.2) is 9.48 Å². The number of hydrogen-bond donors (Lipinski definition) is 1. The summed E-state index contributed by atoms with van der Waals surface area (Å²) >= 11 is 0. The molecule has 1 N–H and O–H groups in total. The van der Waals surface area contributed by atoms with Crippen molar-refractivity contribution in [3.63, 3.8) is 0 Å². The Morgan fingerprint density at radius 1 is 1.33 bits per heavy atom. The second-order valence-corrected chi connectivity index (χ2v) is 5.17. The second-order valence-electron chi connectivity index (χ2n) is 5.17.